The van der Waals surface area contributed by atoms with Crippen LogP contribution in [0.15, 0.2) is 18.2 Å². The second-order valence-corrected chi connectivity index (χ2v) is 8.39. The molecule has 0 aromatic heterocycles. The number of rotatable bonds is 2. The Morgan fingerprint density at radius 3 is 2.52 bits per heavy atom. The van der Waals surface area contributed by atoms with Crippen LogP contribution in [-0.4, -0.2) is 27.1 Å². The van der Waals surface area contributed by atoms with Gasteiger partial charge >= 0.3 is 0 Å². The SMILES string of the molecule is CC(C)(C)C(=O)Nc1ccc2c(c1)CCCN2S(C)(=O)=O. The summed E-state index contributed by atoms with van der Waals surface area (Å²) in [6, 6.07) is 5.40. The van der Waals surface area contributed by atoms with Crippen molar-refractivity contribution in [3.05, 3.63) is 23.8 Å². The fourth-order valence-corrected chi connectivity index (χ4v) is 3.30. The van der Waals surface area contributed by atoms with E-state index in [1.807, 2.05) is 26.8 Å². The monoisotopic (exact) mass is 310 g/mol. The Hall–Kier alpha value is -1.56. The molecule has 21 heavy (non-hydrogen) atoms. The van der Waals surface area contributed by atoms with Gasteiger partial charge in [-0.2, -0.15) is 0 Å². The van der Waals surface area contributed by atoms with E-state index in [1.165, 1.54) is 10.6 Å². The van der Waals surface area contributed by atoms with Crippen LogP contribution in [0.3, 0.4) is 0 Å². The third-order valence-electron chi connectivity index (χ3n) is 3.49. The van der Waals surface area contributed by atoms with Crippen molar-refractivity contribution >= 4 is 27.3 Å². The first-order valence-electron chi connectivity index (χ1n) is 7.01. The molecule has 1 amide bonds. The third-order valence-corrected chi connectivity index (χ3v) is 4.67. The van der Waals surface area contributed by atoms with Crippen LogP contribution in [0, 0.1) is 5.41 Å². The lowest BCUT2D eigenvalue weighted by Crippen LogP contribution is -2.34. The van der Waals surface area contributed by atoms with Crippen LogP contribution in [0.25, 0.3) is 0 Å². The van der Waals surface area contributed by atoms with E-state index in [-0.39, 0.29) is 5.91 Å². The lowest BCUT2D eigenvalue weighted by Gasteiger charge is -2.29. The van der Waals surface area contributed by atoms with E-state index in [4.69, 9.17) is 0 Å². The van der Waals surface area contributed by atoms with E-state index in [0.717, 1.165) is 24.1 Å². The standard InChI is InChI=1S/C15H22N2O3S/c1-15(2,3)14(18)16-12-7-8-13-11(10-12)6-5-9-17(13)21(4,19)20/h7-8,10H,5-6,9H2,1-4H3,(H,16,18). The second-order valence-electron chi connectivity index (χ2n) is 6.49. The first-order valence-corrected chi connectivity index (χ1v) is 8.86. The quantitative estimate of drug-likeness (QED) is 0.912. The Morgan fingerprint density at radius 2 is 1.95 bits per heavy atom. The van der Waals surface area contributed by atoms with Crippen molar-refractivity contribution in [2.24, 2.45) is 5.41 Å². The summed E-state index contributed by atoms with van der Waals surface area (Å²) >= 11 is 0. The summed E-state index contributed by atoms with van der Waals surface area (Å²) in [6.07, 6.45) is 2.83. The average molecular weight is 310 g/mol. The van der Waals surface area contributed by atoms with Gasteiger partial charge < -0.3 is 5.32 Å². The molecule has 0 radical (unpaired) electrons. The summed E-state index contributed by atoms with van der Waals surface area (Å²) < 4.78 is 25.0. The number of carbonyl (C=O) groups is 1. The van der Waals surface area contributed by atoms with Crippen molar-refractivity contribution in [2.45, 2.75) is 33.6 Å². The number of hydrogen-bond donors (Lipinski definition) is 1. The van der Waals surface area contributed by atoms with Crippen LogP contribution in [-0.2, 0) is 21.2 Å². The Labute approximate surface area is 126 Å². The zero-order chi connectivity index (χ0) is 15.8. The molecule has 0 unspecified atom stereocenters. The van der Waals surface area contributed by atoms with Gasteiger partial charge in [0.25, 0.3) is 0 Å². The van der Waals surface area contributed by atoms with E-state index in [0.29, 0.717) is 12.2 Å². The molecule has 0 fully saturated rings. The van der Waals surface area contributed by atoms with Crippen LogP contribution in [0.1, 0.15) is 32.8 Å². The van der Waals surface area contributed by atoms with Crippen LogP contribution in [0.2, 0.25) is 0 Å². The highest BCUT2D eigenvalue weighted by atomic mass is 32.2. The first-order chi connectivity index (χ1) is 9.59. The van der Waals surface area contributed by atoms with E-state index < -0.39 is 15.4 Å². The molecular weight excluding hydrogens is 288 g/mol. The number of aryl methyl sites for hydroxylation is 1. The molecule has 6 heteroatoms. The van der Waals surface area contributed by atoms with E-state index >= 15 is 0 Å². The molecule has 1 aromatic carbocycles. The zero-order valence-electron chi connectivity index (χ0n) is 12.9. The zero-order valence-corrected chi connectivity index (χ0v) is 13.8. The van der Waals surface area contributed by atoms with Crippen LogP contribution in [0.4, 0.5) is 11.4 Å². The summed E-state index contributed by atoms with van der Waals surface area (Å²) in [6.45, 7) is 6.07. The molecule has 1 aliphatic rings. The summed E-state index contributed by atoms with van der Waals surface area (Å²) in [5.41, 5.74) is 1.93. The lowest BCUT2D eigenvalue weighted by molar-refractivity contribution is -0.123. The molecule has 1 N–H and O–H groups in total. The summed E-state index contributed by atoms with van der Waals surface area (Å²) in [7, 11) is -3.25. The molecular formula is C15H22N2O3S. The molecule has 0 spiro atoms. The van der Waals surface area contributed by atoms with Crippen molar-refractivity contribution in [2.75, 3.05) is 22.4 Å². The van der Waals surface area contributed by atoms with Gasteiger partial charge in [0.15, 0.2) is 0 Å². The maximum absolute atomic E-state index is 12.0. The highest BCUT2D eigenvalue weighted by Crippen LogP contribution is 2.31. The van der Waals surface area contributed by atoms with E-state index in [9.17, 15) is 13.2 Å². The van der Waals surface area contributed by atoms with Crippen LogP contribution < -0.4 is 9.62 Å². The highest BCUT2D eigenvalue weighted by Gasteiger charge is 2.25. The Balaban J connectivity index is 2.30. The average Bonchev–Trinajstić information content (AvgIpc) is 2.35. The minimum absolute atomic E-state index is 0.0572. The number of fused-ring (bicyclic) bond motifs is 1. The Kier molecular flexibility index (Phi) is 4.02. The van der Waals surface area contributed by atoms with Crippen molar-refractivity contribution in [3.8, 4) is 0 Å². The van der Waals surface area contributed by atoms with Gasteiger partial charge in [0.2, 0.25) is 15.9 Å². The molecule has 0 aliphatic carbocycles. The predicted molar refractivity (Wildman–Crippen MR) is 85.0 cm³/mol. The van der Waals surface area contributed by atoms with Gasteiger partial charge in [-0.15, -0.1) is 0 Å². The molecule has 0 atom stereocenters. The number of nitrogens with one attached hydrogen (secondary N) is 1. The summed E-state index contributed by atoms with van der Waals surface area (Å²) in [5, 5.41) is 2.88. The number of nitrogens with zero attached hydrogens (tertiary/aromatic N) is 1. The van der Waals surface area contributed by atoms with Gasteiger partial charge in [0.1, 0.15) is 0 Å². The number of sulfonamides is 1. The summed E-state index contributed by atoms with van der Waals surface area (Å²) in [5.74, 6) is -0.0572. The number of amides is 1. The second kappa shape index (κ2) is 5.33. The maximum Gasteiger partial charge on any atom is 0.232 e. The van der Waals surface area contributed by atoms with Gasteiger partial charge in [0.05, 0.1) is 11.9 Å². The van der Waals surface area contributed by atoms with Crippen molar-refractivity contribution in [1.29, 1.82) is 0 Å². The Morgan fingerprint density at radius 1 is 1.29 bits per heavy atom. The van der Waals surface area contributed by atoms with Crippen molar-refractivity contribution in [1.82, 2.24) is 0 Å². The summed E-state index contributed by atoms with van der Waals surface area (Å²) in [4.78, 5) is 12.0. The van der Waals surface area contributed by atoms with Crippen LogP contribution >= 0.6 is 0 Å². The molecule has 0 saturated heterocycles. The molecule has 1 aromatic rings. The first kappa shape index (κ1) is 15.8. The van der Waals surface area contributed by atoms with E-state index in [2.05, 4.69) is 5.32 Å². The topological polar surface area (TPSA) is 66.5 Å². The molecule has 2 rings (SSSR count). The molecule has 0 bridgehead atoms. The number of carbonyl (C=O) groups excluding carboxylic acids is 1. The minimum atomic E-state index is -3.25. The van der Waals surface area contributed by atoms with Crippen molar-refractivity contribution < 1.29 is 13.2 Å². The van der Waals surface area contributed by atoms with Crippen LogP contribution in [0.5, 0.6) is 0 Å². The lowest BCUT2D eigenvalue weighted by atomic mass is 9.95. The number of anilines is 2. The maximum atomic E-state index is 12.0. The van der Waals surface area contributed by atoms with Gasteiger partial charge in [0, 0.05) is 17.6 Å². The van der Waals surface area contributed by atoms with E-state index in [1.54, 1.807) is 12.1 Å². The number of benzene rings is 1. The predicted octanol–water partition coefficient (Wildman–Crippen LogP) is 2.38. The fourth-order valence-electron chi connectivity index (χ4n) is 2.30. The largest absolute Gasteiger partial charge is 0.326 e. The normalized spacial score (nSPS) is 15.5. The van der Waals surface area contributed by atoms with Crippen molar-refractivity contribution in [3.63, 3.8) is 0 Å². The third kappa shape index (κ3) is 3.56. The fraction of sp³-hybridized carbons (Fsp3) is 0.533. The van der Waals surface area contributed by atoms with Gasteiger partial charge in [-0.1, -0.05) is 20.8 Å². The number of hydrogen-bond acceptors (Lipinski definition) is 3. The Bertz CT molecular complexity index is 660. The molecule has 5 nitrogen and oxygen atoms in total. The minimum Gasteiger partial charge on any atom is -0.326 e. The molecule has 1 heterocycles. The smallest absolute Gasteiger partial charge is 0.232 e. The van der Waals surface area contributed by atoms with Gasteiger partial charge in [-0.3, -0.25) is 9.10 Å². The van der Waals surface area contributed by atoms with Gasteiger partial charge in [-0.05, 0) is 36.6 Å². The molecule has 116 valence electrons. The molecule has 1 aliphatic heterocycles. The molecule has 0 saturated carbocycles. The highest BCUT2D eigenvalue weighted by molar-refractivity contribution is 7.92. The van der Waals surface area contributed by atoms with Gasteiger partial charge in [-0.25, -0.2) is 8.42 Å².